The maximum absolute atomic E-state index is 13.4. The normalized spacial score (nSPS) is 11.1. The van der Waals surface area contributed by atoms with Gasteiger partial charge < -0.3 is 20.7 Å². The summed E-state index contributed by atoms with van der Waals surface area (Å²) in [5.41, 5.74) is 2.58. The molecule has 0 radical (unpaired) electrons. The number of hydrogen-bond donors (Lipinski definition) is 3. The average molecular weight is 609 g/mol. The van der Waals surface area contributed by atoms with Crippen molar-refractivity contribution in [2.75, 3.05) is 23.0 Å². The molecule has 0 fully saturated rings. The minimum Gasteiger partial charge on any atom is -0.494 e. The first-order chi connectivity index (χ1) is 21.0. The topological polar surface area (TPSA) is 109 Å². The molecular weight excluding hydrogens is 581 g/mol. The summed E-state index contributed by atoms with van der Waals surface area (Å²) in [6.45, 7) is 2.45. The summed E-state index contributed by atoms with van der Waals surface area (Å²) < 4.78 is 6.51. The summed E-state index contributed by atoms with van der Waals surface area (Å²) in [6, 6.07) is 30.8. The predicted octanol–water partition coefficient (Wildman–Crippen LogP) is 6.84. The molecule has 0 unspecified atom stereocenters. The third kappa shape index (κ3) is 8.31. The Morgan fingerprint density at radius 1 is 0.884 bits per heavy atom. The van der Waals surface area contributed by atoms with Crippen LogP contribution in [0.5, 0.6) is 5.75 Å². The van der Waals surface area contributed by atoms with E-state index in [1.165, 1.54) is 23.1 Å². The number of carbonyl (C=O) groups is 3. The van der Waals surface area contributed by atoms with Gasteiger partial charge >= 0.3 is 0 Å². The number of ether oxygens (including phenoxy) is 1. The molecule has 5 rings (SSSR count). The molecule has 1 heterocycles. The van der Waals surface area contributed by atoms with Gasteiger partial charge in [-0.2, -0.15) is 0 Å². The summed E-state index contributed by atoms with van der Waals surface area (Å²) >= 11 is 2.76. The number of anilines is 2. The van der Waals surface area contributed by atoms with Crippen molar-refractivity contribution in [1.29, 1.82) is 0 Å². The van der Waals surface area contributed by atoms with Gasteiger partial charge in [-0.05, 0) is 73.2 Å². The number of thiazole rings is 1. The molecule has 0 aliphatic rings. The van der Waals surface area contributed by atoms with Crippen molar-refractivity contribution in [3.8, 4) is 5.75 Å². The van der Waals surface area contributed by atoms with Gasteiger partial charge in [0.05, 0.1) is 22.6 Å². The molecule has 4 aromatic carbocycles. The van der Waals surface area contributed by atoms with Crippen LogP contribution < -0.4 is 20.7 Å². The Labute approximate surface area is 257 Å². The molecule has 1 aromatic heterocycles. The van der Waals surface area contributed by atoms with E-state index >= 15 is 0 Å². The Hall–Kier alpha value is -4.93. The summed E-state index contributed by atoms with van der Waals surface area (Å²) in [5, 5.41) is 9.01. The smallest absolute Gasteiger partial charge is 0.272 e. The second-order valence-electron chi connectivity index (χ2n) is 9.19. The van der Waals surface area contributed by atoms with Crippen LogP contribution in [-0.2, 0) is 9.59 Å². The number of fused-ring (bicyclic) bond motifs is 1. The third-order valence-electron chi connectivity index (χ3n) is 6.03. The highest BCUT2D eigenvalue weighted by atomic mass is 32.2. The fourth-order valence-electron chi connectivity index (χ4n) is 4.03. The number of aromatic nitrogens is 1. The van der Waals surface area contributed by atoms with Crippen LogP contribution in [0.1, 0.15) is 22.8 Å². The number of thioether (sulfide) groups is 1. The van der Waals surface area contributed by atoms with Gasteiger partial charge in [0, 0.05) is 16.1 Å². The van der Waals surface area contributed by atoms with E-state index < -0.39 is 11.8 Å². The van der Waals surface area contributed by atoms with Crippen molar-refractivity contribution in [2.45, 2.75) is 11.8 Å². The van der Waals surface area contributed by atoms with Gasteiger partial charge in [0.15, 0.2) is 5.13 Å². The molecular formula is C33H28N4O4S2. The number of para-hydroxylation sites is 1. The van der Waals surface area contributed by atoms with Gasteiger partial charge in [0.25, 0.3) is 11.8 Å². The van der Waals surface area contributed by atoms with E-state index in [2.05, 4.69) is 20.9 Å². The molecule has 43 heavy (non-hydrogen) atoms. The van der Waals surface area contributed by atoms with Crippen LogP contribution in [-0.4, -0.2) is 35.1 Å². The SMILES string of the molecule is CCOc1ccc(/C=C(/NC(=O)c2ccccc2)C(=O)Nc2cccc(SCC(=O)Nc3nc4ccccc4s3)c2)cc1. The molecule has 0 aliphatic carbocycles. The average Bonchev–Trinajstić information content (AvgIpc) is 3.43. The monoisotopic (exact) mass is 608 g/mol. The van der Waals surface area contributed by atoms with Crippen LogP contribution >= 0.6 is 23.1 Å². The lowest BCUT2D eigenvalue weighted by Crippen LogP contribution is -2.30. The fraction of sp³-hybridized carbons (Fsp3) is 0.0909. The van der Waals surface area contributed by atoms with E-state index in [0.29, 0.717) is 34.3 Å². The van der Waals surface area contributed by atoms with Crippen LogP contribution in [0.25, 0.3) is 16.3 Å². The molecule has 10 heteroatoms. The van der Waals surface area contributed by atoms with Gasteiger partial charge in [-0.15, -0.1) is 11.8 Å². The van der Waals surface area contributed by atoms with Gasteiger partial charge in [0.1, 0.15) is 11.4 Å². The summed E-state index contributed by atoms with van der Waals surface area (Å²) in [7, 11) is 0. The number of rotatable bonds is 11. The molecule has 0 aliphatic heterocycles. The van der Waals surface area contributed by atoms with E-state index in [1.54, 1.807) is 60.7 Å². The third-order valence-corrected chi connectivity index (χ3v) is 7.98. The highest BCUT2D eigenvalue weighted by Gasteiger charge is 2.16. The Bertz CT molecular complexity index is 1740. The van der Waals surface area contributed by atoms with Gasteiger partial charge in [-0.3, -0.25) is 14.4 Å². The molecule has 8 nitrogen and oxygen atoms in total. The highest BCUT2D eigenvalue weighted by molar-refractivity contribution is 8.00. The van der Waals surface area contributed by atoms with Gasteiger partial charge in [-0.25, -0.2) is 4.98 Å². The number of nitrogens with one attached hydrogen (secondary N) is 3. The second-order valence-corrected chi connectivity index (χ2v) is 11.3. The second kappa shape index (κ2) is 14.3. The quantitative estimate of drug-likeness (QED) is 0.112. The molecule has 5 aromatic rings. The first kappa shape index (κ1) is 29.6. The molecule has 216 valence electrons. The van der Waals surface area contributed by atoms with Crippen LogP contribution in [0.4, 0.5) is 10.8 Å². The lowest BCUT2D eigenvalue weighted by atomic mass is 10.1. The van der Waals surface area contributed by atoms with Crippen LogP contribution in [0.3, 0.4) is 0 Å². The van der Waals surface area contributed by atoms with E-state index in [9.17, 15) is 14.4 Å². The zero-order valence-electron chi connectivity index (χ0n) is 23.2. The van der Waals surface area contributed by atoms with Crippen molar-refractivity contribution < 1.29 is 19.1 Å². The number of amides is 3. The minimum atomic E-state index is -0.492. The predicted molar refractivity (Wildman–Crippen MR) is 174 cm³/mol. The van der Waals surface area contributed by atoms with Crippen LogP contribution in [0, 0.1) is 0 Å². The molecule has 3 amide bonds. The number of benzene rings is 4. The number of hydrogen-bond acceptors (Lipinski definition) is 7. The van der Waals surface area contributed by atoms with Crippen molar-refractivity contribution >= 4 is 67.9 Å². The Morgan fingerprint density at radius 2 is 1.65 bits per heavy atom. The minimum absolute atomic E-state index is 0.0753. The van der Waals surface area contributed by atoms with Gasteiger partial charge in [-0.1, -0.05) is 59.9 Å². The number of nitrogens with zero attached hydrogens (tertiary/aromatic N) is 1. The lowest BCUT2D eigenvalue weighted by Gasteiger charge is -2.12. The van der Waals surface area contributed by atoms with E-state index in [1.807, 2.05) is 55.5 Å². The molecule has 0 saturated carbocycles. The van der Waals surface area contributed by atoms with Crippen LogP contribution in [0.15, 0.2) is 114 Å². The zero-order valence-corrected chi connectivity index (χ0v) is 24.8. The maximum atomic E-state index is 13.4. The molecule has 0 bridgehead atoms. The summed E-state index contributed by atoms with van der Waals surface area (Å²) in [4.78, 5) is 44.2. The molecule has 0 spiro atoms. The van der Waals surface area contributed by atoms with Crippen molar-refractivity contribution in [3.63, 3.8) is 0 Å². The standard InChI is InChI=1S/C33H28N4O4S2/c1-2-41-25-17-15-22(16-18-25)19-28(35-31(39)23-9-4-3-5-10-23)32(40)34-24-11-8-12-26(20-24)42-21-30(38)37-33-36-27-13-6-7-14-29(27)43-33/h3-20H,2,21H2,1H3,(H,34,40)(H,35,39)(H,36,37,38)/b28-19+. The zero-order chi connectivity index (χ0) is 30.0. The Kier molecular flexibility index (Phi) is 9.83. The first-order valence-electron chi connectivity index (χ1n) is 13.5. The lowest BCUT2D eigenvalue weighted by molar-refractivity contribution is -0.114. The van der Waals surface area contributed by atoms with Gasteiger partial charge in [0.2, 0.25) is 5.91 Å². The fourth-order valence-corrected chi connectivity index (χ4v) is 5.67. The summed E-state index contributed by atoms with van der Waals surface area (Å²) in [5.74, 6) is -0.196. The van der Waals surface area contributed by atoms with E-state index in [-0.39, 0.29) is 17.4 Å². The summed E-state index contributed by atoms with van der Waals surface area (Å²) in [6.07, 6.45) is 1.61. The van der Waals surface area contributed by atoms with E-state index in [0.717, 1.165) is 15.1 Å². The number of carbonyl (C=O) groups excluding carboxylic acids is 3. The molecule has 3 N–H and O–H groups in total. The highest BCUT2D eigenvalue weighted by Crippen LogP contribution is 2.27. The van der Waals surface area contributed by atoms with Crippen LogP contribution in [0.2, 0.25) is 0 Å². The Balaban J connectivity index is 1.26. The van der Waals surface area contributed by atoms with Crippen molar-refractivity contribution in [1.82, 2.24) is 10.3 Å². The maximum Gasteiger partial charge on any atom is 0.272 e. The van der Waals surface area contributed by atoms with E-state index in [4.69, 9.17) is 4.74 Å². The van der Waals surface area contributed by atoms with Crippen molar-refractivity contribution in [3.05, 3.63) is 120 Å². The molecule has 0 saturated heterocycles. The molecule has 0 atom stereocenters. The largest absolute Gasteiger partial charge is 0.494 e. The first-order valence-corrected chi connectivity index (χ1v) is 15.3. The van der Waals surface area contributed by atoms with Crippen molar-refractivity contribution in [2.24, 2.45) is 0 Å². The Morgan fingerprint density at radius 3 is 2.42 bits per heavy atom.